The van der Waals surface area contributed by atoms with E-state index in [0.29, 0.717) is 0 Å². The summed E-state index contributed by atoms with van der Waals surface area (Å²) in [7, 11) is 0. The second kappa shape index (κ2) is 24.8. The quantitative estimate of drug-likeness (QED) is 0.0526. The SMILES string of the molecule is C=C(CCCCCCCN(O)CCCCCCCCCC1CC2=CCC2C1)CCCC(CCCCC)CCCCC. The van der Waals surface area contributed by atoms with Gasteiger partial charge in [-0.3, -0.25) is 0 Å². The molecule has 0 aromatic heterocycles. The van der Waals surface area contributed by atoms with Crippen LogP contribution in [0, 0.1) is 17.8 Å². The van der Waals surface area contributed by atoms with Crippen molar-refractivity contribution in [3.63, 3.8) is 0 Å². The van der Waals surface area contributed by atoms with Crippen LogP contribution in [0.15, 0.2) is 23.8 Å². The summed E-state index contributed by atoms with van der Waals surface area (Å²) < 4.78 is 0. The number of nitrogens with zero attached hydrogens (tertiary/aromatic N) is 1. The van der Waals surface area contributed by atoms with Crippen molar-refractivity contribution in [1.29, 1.82) is 0 Å². The molecule has 0 radical (unpaired) electrons. The molecule has 2 rings (SSSR count). The highest BCUT2D eigenvalue weighted by molar-refractivity contribution is 5.22. The summed E-state index contributed by atoms with van der Waals surface area (Å²) in [4.78, 5) is 0. The van der Waals surface area contributed by atoms with E-state index in [1.54, 1.807) is 10.6 Å². The lowest BCUT2D eigenvalue weighted by Gasteiger charge is -2.17. The van der Waals surface area contributed by atoms with Crippen molar-refractivity contribution < 1.29 is 5.21 Å². The molecule has 41 heavy (non-hydrogen) atoms. The Labute approximate surface area is 258 Å². The smallest absolute Gasteiger partial charge is 0.0238 e. The minimum absolute atomic E-state index is 0.851. The molecule has 0 spiro atoms. The van der Waals surface area contributed by atoms with Gasteiger partial charge in [0.25, 0.3) is 0 Å². The van der Waals surface area contributed by atoms with E-state index in [9.17, 15) is 5.21 Å². The third kappa shape index (κ3) is 18.6. The molecule has 2 nitrogen and oxygen atoms in total. The standard InChI is InChI=1S/C39H73NO/c1-4-6-16-25-36(26-17-7-5-2)28-22-24-35(3)23-18-12-11-15-21-32-40(41)31-20-14-10-8-9-13-19-27-37-33-38-29-30-39(38)34-37/h29,36-37,39,41H,3-28,30-34H2,1-2H3. The fourth-order valence-corrected chi connectivity index (χ4v) is 7.48. The second-order valence-corrected chi connectivity index (χ2v) is 14.3. The van der Waals surface area contributed by atoms with Crippen LogP contribution in [-0.4, -0.2) is 23.4 Å². The summed E-state index contributed by atoms with van der Waals surface area (Å²) in [5.74, 6) is 2.98. The Balaban J connectivity index is 1.30. The predicted octanol–water partition coefficient (Wildman–Crippen LogP) is 13.0. The Hall–Kier alpha value is -0.600. The minimum Gasteiger partial charge on any atom is -0.314 e. The average molecular weight is 572 g/mol. The van der Waals surface area contributed by atoms with Gasteiger partial charge in [-0.15, -0.1) is 0 Å². The van der Waals surface area contributed by atoms with E-state index in [2.05, 4.69) is 26.5 Å². The van der Waals surface area contributed by atoms with Crippen molar-refractivity contribution in [1.82, 2.24) is 5.06 Å². The first-order valence-corrected chi connectivity index (χ1v) is 18.9. The maximum Gasteiger partial charge on any atom is 0.0238 e. The van der Waals surface area contributed by atoms with E-state index < -0.39 is 0 Å². The molecule has 2 heteroatoms. The number of unbranched alkanes of at least 4 members (excludes halogenated alkanes) is 14. The normalized spacial score (nSPS) is 18.2. The number of fused-ring (bicyclic) bond motifs is 1. The van der Waals surface area contributed by atoms with Crippen molar-refractivity contribution in [2.24, 2.45) is 17.8 Å². The Morgan fingerprint density at radius 3 is 1.80 bits per heavy atom. The summed E-state index contributed by atoms with van der Waals surface area (Å²) >= 11 is 0. The fraction of sp³-hybridized carbons (Fsp3) is 0.897. The van der Waals surface area contributed by atoms with Crippen molar-refractivity contribution in [2.45, 2.75) is 194 Å². The number of allylic oxidation sites excluding steroid dienone is 3. The molecular weight excluding hydrogens is 498 g/mol. The van der Waals surface area contributed by atoms with Gasteiger partial charge >= 0.3 is 0 Å². The monoisotopic (exact) mass is 572 g/mol. The van der Waals surface area contributed by atoms with Gasteiger partial charge in [-0.25, -0.2) is 0 Å². The van der Waals surface area contributed by atoms with Crippen molar-refractivity contribution in [3.8, 4) is 0 Å². The van der Waals surface area contributed by atoms with Gasteiger partial charge < -0.3 is 5.21 Å². The van der Waals surface area contributed by atoms with Gasteiger partial charge in [-0.1, -0.05) is 160 Å². The van der Waals surface area contributed by atoms with Crippen LogP contribution in [0.2, 0.25) is 0 Å². The zero-order chi connectivity index (χ0) is 29.4. The third-order valence-electron chi connectivity index (χ3n) is 10.4. The summed E-state index contributed by atoms with van der Waals surface area (Å²) in [5.41, 5.74) is 3.28. The van der Waals surface area contributed by atoms with Crippen LogP contribution in [0.4, 0.5) is 0 Å². The van der Waals surface area contributed by atoms with E-state index in [1.165, 1.54) is 173 Å². The number of hydroxylamine groups is 2. The van der Waals surface area contributed by atoms with Crippen LogP contribution >= 0.6 is 0 Å². The lowest BCUT2D eigenvalue weighted by atomic mass is 9.88. The molecule has 0 heterocycles. The Kier molecular flexibility index (Phi) is 22.1. The molecule has 0 aromatic rings. The topological polar surface area (TPSA) is 23.5 Å². The Morgan fingerprint density at radius 1 is 0.732 bits per heavy atom. The molecule has 0 aliphatic heterocycles. The molecule has 0 saturated heterocycles. The van der Waals surface area contributed by atoms with Crippen LogP contribution in [0.25, 0.3) is 0 Å². The molecule has 240 valence electrons. The van der Waals surface area contributed by atoms with Gasteiger partial charge in [0, 0.05) is 13.1 Å². The van der Waals surface area contributed by atoms with Gasteiger partial charge in [0.05, 0.1) is 0 Å². The molecule has 0 bridgehead atoms. The minimum atomic E-state index is 0.851. The summed E-state index contributed by atoms with van der Waals surface area (Å²) in [6.07, 6.45) is 40.5. The first-order valence-electron chi connectivity index (χ1n) is 18.9. The van der Waals surface area contributed by atoms with Crippen LogP contribution < -0.4 is 0 Å². The summed E-state index contributed by atoms with van der Waals surface area (Å²) in [6.45, 7) is 10.7. The fourth-order valence-electron chi connectivity index (χ4n) is 7.48. The first kappa shape index (κ1) is 36.6. The van der Waals surface area contributed by atoms with Crippen LogP contribution in [0.3, 0.4) is 0 Å². The van der Waals surface area contributed by atoms with Crippen LogP contribution in [-0.2, 0) is 0 Å². The van der Waals surface area contributed by atoms with Gasteiger partial charge in [-0.05, 0) is 75.5 Å². The van der Waals surface area contributed by atoms with Gasteiger partial charge in [0.1, 0.15) is 0 Å². The molecule has 1 fully saturated rings. The van der Waals surface area contributed by atoms with Gasteiger partial charge in [-0.2, -0.15) is 5.06 Å². The molecular formula is C39H73NO. The zero-order valence-electron chi connectivity index (χ0n) is 28.1. The van der Waals surface area contributed by atoms with E-state index in [1.807, 2.05) is 0 Å². The summed E-state index contributed by atoms with van der Waals surface area (Å²) in [5, 5.41) is 11.8. The molecule has 0 aromatic carbocycles. The van der Waals surface area contributed by atoms with Crippen molar-refractivity contribution in [2.75, 3.05) is 13.1 Å². The van der Waals surface area contributed by atoms with E-state index in [-0.39, 0.29) is 0 Å². The van der Waals surface area contributed by atoms with Gasteiger partial charge in [0.15, 0.2) is 0 Å². The van der Waals surface area contributed by atoms with Crippen LogP contribution in [0.1, 0.15) is 194 Å². The lowest BCUT2D eigenvalue weighted by Crippen LogP contribution is -2.21. The van der Waals surface area contributed by atoms with E-state index >= 15 is 0 Å². The summed E-state index contributed by atoms with van der Waals surface area (Å²) in [6, 6.07) is 0. The highest BCUT2D eigenvalue weighted by Gasteiger charge is 2.32. The van der Waals surface area contributed by atoms with E-state index in [0.717, 1.165) is 43.7 Å². The largest absolute Gasteiger partial charge is 0.314 e. The zero-order valence-corrected chi connectivity index (χ0v) is 28.1. The van der Waals surface area contributed by atoms with Crippen molar-refractivity contribution in [3.05, 3.63) is 23.8 Å². The molecule has 1 N–H and O–H groups in total. The highest BCUT2D eigenvalue weighted by atomic mass is 16.5. The molecule has 2 atom stereocenters. The molecule has 2 unspecified atom stereocenters. The predicted molar refractivity (Wildman–Crippen MR) is 182 cm³/mol. The first-order chi connectivity index (χ1) is 20.1. The van der Waals surface area contributed by atoms with Gasteiger partial charge in [0.2, 0.25) is 0 Å². The van der Waals surface area contributed by atoms with Crippen molar-refractivity contribution >= 4 is 0 Å². The Morgan fingerprint density at radius 2 is 1.27 bits per heavy atom. The highest BCUT2D eigenvalue weighted by Crippen LogP contribution is 2.46. The lowest BCUT2D eigenvalue weighted by molar-refractivity contribution is -0.0925. The second-order valence-electron chi connectivity index (χ2n) is 14.3. The number of rotatable bonds is 30. The molecule has 2 aliphatic rings. The molecule has 0 amide bonds. The molecule has 2 aliphatic carbocycles. The third-order valence-corrected chi connectivity index (χ3v) is 10.4. The number of hydrogen-bond donors (Lipinski definition) is 1. The number of hydrogen-bond acceptors (Lipinski definition) is 2. The Bertz CT molecular complexity index is 644. The molecule has 1 saturated carbocycles. The maximum atomic E-state index is 10.2. The van der Waals surface area contributed by atoms with E-state index in [4.69, 9.17) is 0 Å². The average Bonchev–Trinajstić information content (AvgIpc) is 3.24. The maximum absolute atomic E-state index is 10.2. The van der Waals surface area contributed by atoms with Crippen LogP contribution in [0.5, 0.6) is 0 Å².